The lowest BCUT2D eigenvalue weighted by molar-refractivity contribution is -0.119. The fourth-order valence-electron chi connectivity index (χ4n) is 2.38. The fourth-order valence-corrected chi connectivity index (χ4v) is 2.38. The van der Waals surface area contributed by atoms with Gasteiger partial charge >= 0.3 is 0 Å². The first kappa shape index (κ1) is 15.1. The molecule has 2 rings (SSSR count). The van der Waals surface area contributed by atoms with Crippen LogP contribution in [0, 0.1) is 20.8 Å². The molecule has 0 aliphatic rings. The van der Waals surface area contributed by atoms with Gasteiger partial charge in [0.2, 0.25) is 5.91 Å². The average molecular weight is 286 g/mol. The van der Waals surface area contributed by atoms with Gasteiger partial charge in [0.15, 0.2) is 0 Å². The number of hydrogen-bond donors (Lipinski definition) is 1. The lowest BCUT2D eigenvalue weighted by Gasteiger charge is -2.21. The molecule has 0 aliphatic carbocycles. The summed E-state index contributed by atoms with van der Waals surface area (Å²) >= 11 is 0. The Labute approximate surface area is 125 Å². The highest BCUT2D eigenvalue weighted by Gasteiger charge is 2.17. The average Bonchev–Trinajstić information content (AvgIpc) is 2.67. The van der Waals surface area contributed by atoms with Crippen LogP contribution in [0.1, 0.15) is 23.9 Å². The first-order chi connectivity index (χ1) is 9.93. The highest BCUT2D eigenvalue weighted by atomic mass is 16.2. The number of likely N-dealkylation sites (N-methyl/N-ethyl adjacent to an activating group) is 1. The molecule has 5 nitrogen and oxygen atoms in total. The van der Waals surface area contributed by atoms with E-state index < -0.39 is 0 Å². The van der Waals surface area contributed by atoms with Crippen LogP contribution in [0.3, 0.4) is 0 Å². The molecule has 2 N–H and O–H groups in total. The number of nitrogen functional groups attached to an aromatic ring is 1. The van der Waals surface area contributed by atoms with Crippen molar-refractivity contribution in [1.82, 2.24) is 9.78 Å². The lowest BCUT2D eigenvalue weighted by Crippen LogP contribution is -2.34. The van der Waals surface area contributed by atoms with Crippen LogP contribution in [-0.2, 0) is 11.3 Å². The Bertz CT molecular complexity index is 660. The third-order valence-electron chi connectivity index (χ3n) is 3.65. The number of anilines is 2. The molecule has 0 spiro atoms. The van der Waals surface area contributed by atoms with Crippen molar-refractivity contribution in [3.05, 3.63) is 41.2 Å². The maximum Gasteiger partial charge on any atom is 0.248 e. The van der Waals surface area contributed by atoms with Gasteiger partial charge in [-0.05, 0) is 45.4 Å². The number of aromatic nitrogens is 2. The Hall–Kier alpha value is -2.30. The highest BCUT2D eigenvalue weighted by molar-refractivity contribution is 5.93. The predicted octanol–water partition coefficient (Wildman–Crippen LogP) is 2.44. The molecule has 0 atom stereocenters. The number of hydrogen-bond acceptors (Lipinski definition) is 3. The molecule has 0 radical (unpaired) electrons. The molecule has 0 fully saturated rings. The molecule has 0 aliphatic heterocycles. The van der Waals surface area contributed by atoms with Crippen molar-refractivity contribution in [1.29, 1.82) is 0 Å². The summed E-state index contributed by atoms with van der Waals surface area (Å²) in [7, 11) is 0. The van der Waals surface area contributed by atoms with Crippen molar-refractivity contribution in [3.63, 3.8) is 0 Å². The molecule has 0 saturated carbocycles. The summed E-state index contributed by atoms with van der Waals surface area (Å²) in [5, 5.41) is 4.32. The lowest BCUT2D eigenvalue weighted by atomic mass is 10.2. The summed E-state index contributed by atoms with van der Waals surface area (Å²) < 4.78 is 1.67. The summed E-state index contributed by atoms with van der Waals surface area (Å²) in [4.78, 5) is 14.3. The number of nitrogens with two attached hydrogens (primary N) is 1. The van der Waals surface area contributed by atoms with Crippen molar-refractivity contribution in [3.8, 4) is 0 Å². The molecule has 1 aromatic carbocycles. The molecular weight excluding hydrogens is 264 g/mol. The number of carbonyl (C=O) groups is 1. The smallest absolute Gasteiger partial charge is 0.248 e. The van der Waals surface area contributed by atoms with E-state index >= 15 is 0 Å². The van der Waals surface area contributed by atoms with Gasteiger partial charge in [0.1, 0.15) is 6.54 Å². The Balaban J connectivity index is 2.23. The van der Waals surface area contributed by atoms with E-state index in [9.17, 15) is 4.79 Å². The van der Waals surface area contributed by atoms with Gasteiger partial charge in [0.05, 0.1) is 17.1 Å². The van der Waals surface area contributed by atoms with E-state index in [1.54, 1.807) is 9.58 Å². The SMILES string of the molecule is CCN(C(=O)Cn1nc(C)c(N)c1C)c1cccc(C)c1. The van der Waals surface area contributed by atoms with E-state index in [0.29, 0.717) is 12.2 Å². The minimum Gasteiger partial charge on any atom is -0.396 e. The molecule has 112 valence electrons. The summed E-state index contributed by atoms with van der Waals surface area (Å²) in [5.74, 6) is 0.00806. The molecular formula is C16H22N4O. The summed E-state index contributed by atoms with van der Waals surface area (Å²) in [6.45, 7) is 8.54. The van der Waals surface area contributed by atoms with Crippen molar-refractivity contribution in [2.75, 3.05) is 17.2 Å². The third kappa shape index (κ3) is 3.07. The van der Waals surface area contributed by atoms with E-state index in [1.165, 1.54) is 0 Å². The van der Waals surface area contributed by atoms with Crippen LogP contribution in [0.25, 0.3) is 0 Å². The number of nitrogens with zero attached hydrogens (tertiary/aromatic N) is 3. The predicted molar refractivity (Wildman–Crippen MR) is 85.3 cm³/mol. The summed E-state index contributed by atoms with van der Waals surface area (Å²) in [5.41, 5.74) is 10.2. The molecule has 0 saturated heterocycles. The number of aryl methyl sites for hydroxylation is 2. The van der Waals surface area contributed by atoms with Crippen LogP contribution in [0.5, 0.6) is 0 Å². The molecule has 21 heavy (non-hydrogen) atoms. The molecule has 0 bridgehead atoms. The van der Waals surface area contributed by atoms with Gasteiger partial charge in [-0.2, -0.15) is 5.10 Å². The van der Waals surface area contributed by atoms with Crippen LogP contribution in [-0.4, -0.2) is 22.2 Å². The minimum atomic E-state index is 0.00806. The zero-order chi connectivity index (χ0) is 15.6. The minimum absolute atomic E-state index is 0.00806. The number of amides is 1. The molecule has 0 unspecified atom stereocenters. The maximum absolute atomic E-state index is 12.6. The molecule has 2 aromatic rings. The van der Waals surface area contributed by atoms with Crippen LogP contribution < -0.4 is 10.6 Å². The molecule has 1 amide bonds. The zero-order valence-electron chi connectivity index (χ0n) is 13.1. The Kier molecular flexibility index (Phi) is 4.31. The van der Waals surface area contributed by atoms with Gasteiger partial charge in [-0.15, -0.1) is 0 Å². The highest BCUT2D eigenvalue weighted by Crippen LogP contribution is 2.18. The van der Waals surface area contributed by atoms with Crippen molar-refractivity contribution in [2.24, 2.45) is 0 Å². The monoisotopic (exact) mass is 286 g/mol. The Morgan fingerprint density at radius 1 is 1.33 bits per heavy atom. The standard InChI is InChI=1S/C16H22N4O/c1-5-19(14-8-6-7-11(2)9-14)15(21)10-20-13(4)16(17)12(3)18-20/h6-9H,5,10,17H2,1-4H3. The quantitative estimate of drug-likeness (QED) is 0.939. The Morgan fingerprint density at radius 2 is 2.05 bits per heavy atom. The second-order valence-electron chi connectivity index (χ2n) is 5.22. The summed E-state index contributed by atoms with van der Waals surface area (Å²) in [6, 6.07) is 7.94. The fraction of sp³-hybridized carbons (Fsp3) is 0.375. The van der Waals surface area contributed by atoms with E-state index in [2.05, 4.69) is 5.10 Å². The van der Waals surface area contributed by atoms with Crippen molar-refractivity contribution < 1.29 is 4.79 Å². The van der Waals surface area contributed by atoms with E-state index in [-0.39, 0.29) is 12.5 Å². The summed E-state index contributed by atoms with van der Waals surface area (Å²) in [6.07, 6.45) is 0. The number of rotatable bonds is 4. The normalized spacial score (nSPS) is 10.7. The second kappa shape index (κ2) is 5.99. The zero-order valence-corrected chi connectivity index (χ0v) is 13.1. The third-order valence-corrected chi connectivity index (χ3v) is 3.65. The number of benzene rings is 1. The van der Waals surface area contributed by atoms with Gasteiger partial charge in [-0.25, -0.2) is 0 Å². The Morgan fingerprint density at radius 3 is 2.57 bits per heavy atom. The first-order valence-corrected chi connectivity index (χ1v) is 7.10. The van der Waals surface area contributed by atoms with Gasteiger partial charge in [0, 0.05) is 12.2 Å². The van der Waals surface area contributed by atoms with Crippen LogP contribution in [0.2, 0.25) is 0 Å². The van der Waals surface area contributed by atoms with E-state index in [1.807, 2.05) is 52.0 Å². The first-order valence-electron chi connectivity index (χ1n) is 7.10. The largest absolute Gasteiger partial charge is 0.396 e. The number of carbonyl (C=O) groups excluding carboxylic acids is 1. The molecule has 1 heterocycles. The molecule has 5 heteroatoms. The second-order valence-corrected chi connectivity index (χ2v) is 5.22. The van der Waals surface area contributed by atoms with E-state index in [0.717, 1.165) is 22.6 Å². The van der Waals surface area contributed by atoms with E-state index in [4.69, 9.17) is 5.73 Å². The van der Waals surface area contributed by atoms with Gasteiger partial charge in [-0.1, -0.05) is 12.1 Å². The van der Waals surface area contributed by atoms with Crippen LogP contribution in [0.4, 0.5) is 11.4 Å². The topological polar surface area (TPSA) is 64.2 Å². The van der Waals surface area contributed by atoms with Crippen LogP contribution >= 0.6 is 0 Å². The van der Waals surface area contributed by atoms with Crippen molar-refractivity contribution in [2.45, 2.75) is 34.2 Å². The van der Waals surface area contributed by atoms with Gasteiger partial charge in [0.25, 0.3) is 0 Å². The molecule has 1 aromatic heterocycles. The van der Waals surface area contributed by atoms with Crippen LogP contribution in [0.15, 0.2) is 24.3 Å². The van der Waals surface area contributed by atoms with Gasteiger partial charge in [-0.3, -0.25) is 9.48 Å². The maximum atomic E-state index is 12.6. The van der Waals surface area contributed by atoms with Crippen molar-refractivity contribution >= 4 is 17.3 Å². The van der Waals surface area contributed by atoms with Gasteiger partial charge < -0.3 is 10.6 Å².